The molecule has 1 unspecified atom stereocenters. The molecule has 8 heteroatoms. The number of guanidine groups is 1. The van der Waals surface area contributed by atoms with Crippen LogP contribution in [0.2, 0.25) is 4.34 Å². The van der Waals surface area contributed by atoms with Crippen molar-refractivity contribution in [2.24, 2.45) is 10.9 Å². The zero-order valence-electron chi connectivity index (χ0n) is 15.7. The van der Waals surface area contributed by atoms with Crippen LogP contribution in [0.15, 0.2) is 17.1 Å². The Labute approximate surface area is 164 Å². The number of amides is 1. The molecule has 1 aliphatic rings. The van der Waals surface area contributed by atoms with E-state index in [0.29, 0.717) is 10.3 Å². The van der Waals surface area contributed by atoms with Gasteiger partial charge in [0.05, 0.1) is 10.9 Å². The van der Waals surface area contributed by atoms with E-state index in [-0.39, 0.29) is 24.4 Å². The smallest absolute Gasteiger partial charge is 0.225 e. The Morgan fingerprint density at radius 1 is 1.42 bits per heavy atom. The van der Waals surface area contributed by atoms with E-state index in [1.807, 2.05) is 31.7 Å². The second kappa shape index (κ2) is 10.1. The number of thiophene rings is 1. The number of halogens is 1. The summed E-state index contributed by atoms with van der Waals surface area (Å²) in [4.78, 5) is 19.3. The molecule has 2 heterocycles. The molecule has 0 bridgehead atoms. The number of aliphatic hydroxyl groups excluding tert-OH is 1. The van der Waals surface area contributed by atoms with Crippen LogP contribution in [-0.4, -0.2) is 54.1 Å². The first-order chi connectivity index (χ1) is 12.4. The fourth-order valence-electron chi connectivity index (χ4n) is 2.90. The molecule has 0 spiro atoms. The van der Waals surface area contributed by atoms with Gasteiger partial charge in [-0.25, -0.2) is 0 Å². The van der Waals surface area contributed by atoms with Gasteiger partial charge in [-0.2, -0.15) is 0 Å². The fraction of sp³-hybridized carbons (Fsp3) is 0.667. The highest BCUT2D eigenvalue weighted by Crippen LogP contribution is 2.26. The maximum Gasteiger partial charge on any atom is 0.225 e. The van der Waals surface area contributed by atoms with E-state index in [0.717, 1.165) is 37.4 Å². The molecule has 1 fully saturated rings. The predicted molar refractivity (Wildman–Crippen MR) is 108 cm³/mol. The number of hydrogen-bond acceptors (Lipinski definition) is 4. The standard InChI is InChI=1S/C18H29ClN4O2S/c1-4-20-18(21-11-14(24)15-5-6-16(19)26-15)22-13-7-9-23(10-8-13)17(25)12(2)3/h5-6,12-14,24H,4,7-11H2,1-3H3,(H2,20,21,22). The minimum Gasteiger partial charge on any atom is -0.386 e. The van der Waals surface area contributed by atoms with Crippen LogP contribution < -0.4 is 10.6 Å². The minimum absolute atomic E-state index is 0.0469. The zero-order chi connectivity index (χ0) is 19.1. The Morgan fingerprint density at radius 3 is 2.65 bits per heavy atom. The highest BCUT2D eigenvalue weighted by molar-refractivity contribution is 7.16. The van der Waals surface area contributed by atoms with Crippen LogP contribution in [0.25, 0.3) is 0 Å². The third-order valence-electron chi connectivity index (χ3n) is 4.33. The van der Waals surface area contributed by atoms with Crippen molar-refractivity contribution in [3.8, 4) is 0 Å². The van der Waals surface area contributed by atoms with E-state index < -0.39 is 6.10 Å². The van der Waals surface area contributed by atoms with Gasteiger partial charge in [0.25, 0.3) is 0 Å². The summed E-state index contributed by atoms with van der Waals surface area (Å²) in [5.41, 5.74) is 0. The number of aliphatic hydroxyl groups is 1. The largest absolute Gasteiger partial charge is 0.386 e. The van der Waals surface area contributed by atoms with E-state index in [1.54, 1.807) is 6.07 Å². The lowest BCUT2D eigenvalue weighted by Gasteiger charge is -2.34. The number of nitrogens with zero attached hydrogens (tertiary/aromatic N) is 2. The Bertz CT molecular complexity index is 612. The molecule has 1 aromatic rings. The van der Waals surface area contributed by atoms with E-state index in [9.17, 15) is 9.90 Å². The SMILES string of the molecule is CCNC(=NCC(O)c1ccc(Cl)s1)NC1CCN(C(=O)C(C)C)CC1. The summed E-state index contributed by atoms with van der Waals surface area (Å²) in [7, 11) is 0. The lowest BCUT2D eigenvalue weighted by atomic mass is 10.0. The van der Waals surface area contributed by atoms with Crippen molar-refractivity contribution in [1.29, 1.82) is 0 Å². The summed E-state index contributed by atoms with van der Waals surface area (Å²) < 4.78 is 0.663. The zero-order valence-corrected chi connectivity index (χ0v) is 17.2. The van der Waals surface area contributed by atoms with Gasteiger partial charge >= 0.3 is 0 Å². The molecule has 3 N–H and O–H groups in total. The third-order valence-corrected chi connectivity index (χ3v) is 5.66. The molecule has 0 radical (unpaired) electrons. The van der Waals surface area contributed by atoms with Crippen LogP contribution in [0.1, 0.15) is 44.6 Å². The highest BCUT2D eigenvalue weighted by Gasteiger charge is 2.24. The number of carbonyl (C=O) groups is 1. The topological polar surface area (TPSA) is 77.0 Å². The summed E-state index contributed by atoms with van der Waals surface area (Å²) in [6.45, 7) is 8.45. The van der Waals surface area contributed by atoms with Crippen molar-refractivity contribution in [2.75, 3.05) is 26.2 Å². The first kappa shape index (κ1) is 21.0. The summed E-state index contributed by atoms with van der Waals surface area (Å²) in [6, 6.07) is 3.89. The molecule has 26 heavy (non-hydrogen) atoms. The van der Waals surface area contributed by atoms with Gasteiger partial charge in [0.1, 0.15) is 6.10 Å². The number of likely N-dealkylation sites (tertiary alicyclic amines) is 1. The van der Waals surface area contributed by atoms with Crippen molar-refractivity contribution in [3.05, 3.63) is 21.3 Å². The van der Waals surface area contributed by atoms with Gasteiger partial charge < -0.3 is 20.6 Å². The van der Waals surface area contributed by atoms with Gasteiger partial charge in [-0.05, 0) is 31.9 Å². The van der Waals surface area contributed by atoms with Gasteiger partial charge in [-0.15, -0.1) is 11.3 Å². The van der Waals surface area contributed by atoms with Gasteiger partial charge in [-0.1, -0.05) is 25.4 Å². The number of carbonyl (C=O) groups excluding carboxylic acids is 1. The first-order valence-corrected chi connectivity index (χ1v) is 10.4. The quantitative estimate of drug-likeness (QED) is 0.506. The summed E-state index contributed by atoms with van der Waals surface area (Å²) in [5.74, 6) is 0.968. The monoisotopic (exact) mass is 400 g/mol. The summed E-state index contributed by atoms with van der Waals surface area (Å²) in [6.07, 6.45) is 1.13. The first-order valence-electron chi connectivity index (χ1n) is 9.17. The Morgan fingerprint density at radius 2 is 2.12 bits per heavy atom. The minimum atomic E-state index is -0.659. The van der Waals surface area contributed by atoms with E-state index >= 15 is 0 Å². The van der Waals surface area contributed by atoms with Crippen molar-refractivity contribution in [2.45, 2.75) is 45.8 Å². The average Bonchev–Trinajstić information content (AvgIpc) is 3.06. The highest BCUT2D eigenvalue weighted by atomic mass is 35.5. The van der Waals surface area contributed by atoms with Gasteiger partial charge in [0.15, 0.2) is 5.96 Å². The lowest BCUT2D eigenvalue weighted by molar-refractivity contribution is -0.135. The van der Waals surface area contributed by atoms with Crippen LogP contribution in [0, 0.1) is 5.92 Å². The van der Waals surface area contributed by atoms with Crippen LogP contribution in [0.5, 0.6) is 0 Å². The fourth-order valence-corrected chi connectivity index (χ4v) is 3.94. The van der Waals surface area contributed by atoms with E-state index in [1.165, 1.54) is 11.3 Å². The molecule has 1 atom stereocenters. The summed E-state index contributed by atoms with van der Waals surface area (Å²) in [5, 5.41) is 16.9. The molecule has 6 nitrogen and oxygen atoms in total. The lowest BCUT2D eigenvalue weighted by Crippen LogP contribution is -2.50. The molecule has 1 amide bonds. The second-order valence-electron chi connectivity index (χ2n) is 6.78. The van der Waals surface area contributed by atoms with Crippen molar-refractivity contribution < 1.29 is 9.90 Å². The molecular weight excluding hydrogens is 372 g/mol. The maximum atomic E-state index is 12.1. The number of nitrogens with one attached hydrogen (secondary N) is 2. The molecular formula is C18H29ClN4O2S. The van der Waals surface area contributed by atoms with Crippen molar-refractivity contribution in [3.63, 3.8) is 0 Å². The van der Waals surface area contributed by atoms with Crippen molar-refractivity contribution in [1.82, 2.24) is 15.5 Å². The molecule has 2 rings (SSSR count). The Kier molecular flexibility index (Phi) is 8.18. The maximum absolute atomic E-state index is 12.1. The predicted octanol–water partition coefficient (Wildman–Crippen LogP) is 2.64. The van der Waals surface area contributed by atoms with Gasteiger partial charge in [-0.3, -0.25) is 9.79 Å². The number of aliphatic imine (C=N–C) groups is 1. The molecule has 0 saturated carbocycles. The van der Waals surface area contributed by atoms with Crippen LogP contribution >= 0.6 is 22.9 Å². The van der Waals surface area contributed by atoms with Crippen LogP contribution in [0.4, 0.5) is 0 Å². The van der Waals surface area contributed by atoms with Gasteiger partial charge in [0.2, 0.25) is 5.91 Å². The molecule has 1 aliphatic heterocycles. The molecule has 1 aromatic heterocycles. The van der Waals surface area contributed by atoms with E-state index in [2.05, 4.69) is 15.6 Å². The molecule has 0 aliphatic carbocycles. The third kappa shape index (κ3) is 6.14. The van der Waals surface area contributed by atoms with Crippen LogP contribution in [-0.2, 0) is 4.79 Å². The number of hydrogen-bond donors (Lipinski definition) is 3. The molecule has 0 aromatic carbocycles. The molecule has 1 saturated heterocycles. The Hall–Kier alpha value is -1.31. The summed E-state index contributed by atoms with van der Waals surface area (Å²) >= 11 is 7.29. The molecule has 146 valence electrons. The normalized spacial score (nSPS) is 17.5. The average molecular weight is 401 g/mol. The second-order valence-corrected chi connectivity index (χ2v) is 8.52. The Balaban J connectivity index is 1.87. The van der Waals surface area contributed by atoms with Crippen molar-refractivity contribution >= 4 is 34.8 Å². The number of rotatable bonds is 6. The number of piperidine rings is 1. The van der Waals surface area contributed by atoms with Gasteiger partial charge in [0, 0.05) is 36.5 Å². The van der Waals surface area contributed by atoms with E-state index in [4.69, 9.17) is 11.6 Å². The van der Waals surface area contributed by atoms with Crippen LogP contribution in [0.3, 0.4) is 0 Å².